The van der Waals surface area contributed by atoms with Crippen LogP contribution in [0.15, 0.2) is 22.7 Å². The van der Waals surface area contributed by atoms with Gasteiger partial charge in [0.05, 0.1) is 17.9 Å². The zero-order valence-corrected chi connectivity index (χ0v) is 12.2. The molecule has 1 atom stereocenters. The van der Waals surface area contributed by atoms with Crippen molar-refractivity contribution in [3.63, 3.8) is 0 Å². The molecule has 1 aromatic heterocycles. The molecule has 0 bridgehead atoms. The Morgan fingerprint density at radius 2 is 2.14 bits per heavy atom. The van der Waals surface area contributed by atoms with Crippen LogP contribution in [-0.4, -0.2) is 17.2 Å². The highest BCUT2D eigenvalue weighted by molar-refractivity contribution is 6.00. The number of nitrogens with two attached hydrogens (primary N) is 1. The quantitative estimate of drug-likeness (QED) is 0.856. The number of nitrogen functional groups attached to an aromatic ring is 1. The Balaban J connectivity index is 2.04. The molecule has 6 nitrogen and oxygen atoms in total. The highest BCUT2D eigenvalue weighted by Gasteiger charge is 2.32. The summed E-state index contributed by atoms with van der Waals surface area (Å²) in [6.45, 7) is 5.83. The highest BCUT2D eigenvalue weighted by Crippen LogP contribution is 2.37. The molecule has 0 aliphatic carbocycles. The van der Waals surface area contributed by atoms with Gasteiger partial charge >= 0.3 is 0 Å². The van der Waals surface area contributed by atoms with E-state index in [0.29, 0.717) is 29.4 Å². The first kappa shape index (κ1) is 13.5. The second-order valence-corrected chi connectivity index (χ2v) is 5.21. The summed E-state index contributed by atoms with van der Waals surface area (Å²) in [6, 6.07) is 5.29. The Morgan fingerprint density at radius 3 is 2.81 bits per heavy atom. The summed E-state index contributed by atoms with van der Waals surface area (Å²) in [6.07, 6.45) is -0.526. The predicted octanol–water partition coefficient (Wildman–Crippen LogP) is 2.19. The summed E-state index contributed by atoms with van der Waals surface area (Å²) in [5.41, 5.74) is 8.79. The third kappa shape index (κ3) is 2.22. The molecule has 2 aromatic rings. The second kappa shape index (κ2) is 4.80. The van der Waals surface area contributed by atoms with Crippen molar-refractivity contribution in [3.05, 3.63) is 35.2 Å². The molecule has 0 saturated heterocycles. The van der Waals surface area contributed by atoms with E-state index in [2.05, 4.69) is 5.16 Å². The van der Waals surface area contributed by atoms with Crippen molar-refractivity contribution in [1.82, 2.24) is 5.16 Å². The van der Waals surface area contributed by atoms with Gasteiger partial charge in [-0.2, -0.15) is 0 Å². The van der Waals surface area contributed by atoms with Crippen LogP contribution >= 0.6 is 0 Å². The normalized spacial score (nSPS) is 17.6. The maximum Gasteiger partial charge on any atom is 0.268 e. The minimum absolute atomic E-state index is 0.104. The Hall–Kier alpha value is -2.50. The van der Waals surface area contributed by atoms with Gasteiger partial charge in [0.25, 0.3) is 5.91 Å². The van der Waals surface area contributed by atoms with Crippen molar-refractivity contribution < 1.29 is 14.1 Å². The zero-order valence-electron chi connectivity index (χ0n) is 12.2. The number of anilines is 2. The first-order chi connectivity index (χ1) is 9.97. The summed E-state index contributed by atoms with van der Waals surface area (Å²) < 4.78 is 10.8. The van der Waals surface area contributed by atoms with E-state index < -0.39 is 6.10 Å². The van der Waals surface area contributed by atoms with Crippen molar-refractivity contribution >= 4 is 17.3 Å². The number of hydrogen-bond donors (Lipinski definition) is 1. The van der Waals surface area contributed by atoms with Gasteiger partial charge in [-0.1, -0.05) is 5.16 Å². The van der Waals surface area contributed by atoms with E-state index in [1.165, 1.54) is 0 Å². The Kier molecular flexibility index (Phi) is 3.08. The first-order valence-electron chi connectivity index (χ1n) is 6.76. The van der Waals surface area contributed by atoms with Gasteiger partial charge in [-0.15, -0.1) is 0 Å². The summed E-state index contributed by atoms with van der Waals surface area (Å²) in [5.74, 6) is 1.26. The number of nitrogens with zero attached hydrogens (tertiary/aromatic N) is 2. The fourth-order valence-corrected chi connectivity index (χ4v) is 2.47. The van der Waals surface area contributed by atoms with Gasteiger partial charge in [0.2, 0.25) is 0 Å². The minimum Gasteiger partial charge on any atom is -0.479 e. The van der Waals surface area contributed by atoms with Crippen LogP contribution in [0, 0.1) is 13.8 Å². The lowest BCUT2D eigenvalue weighted by Crippen LogP contribution is -2.44. The van der Waals surface area contributed by atoms with E-state index in [1.54, 1.807) is 30.0 Å². The molecule has 0 radical (unpaired) electrons. The van der Waals surface area contributed by atoms with Gasteiger partial charge in [-0.3, -0.25) is 4.79 Å². The van der Waals surface area contributed by atoms with Crippen molar-refractivity contribution in [2.45, 2.75) is 33.4 Å². The maximum absolute atomic E-state index is 12.5. The summed E-state index contributed by atoms with van der Waals surface area (Å²) in [4.78, 5) is 14.1. The number of ether oxygens (including phenoxy) is 1. The largest absolute Gasteiger partial charge is 0.479 e. The molecule has 1 aromatic carbocycles. The lowest BCUT2D eigenvalue weighted by Gasteiger charge is -2.33. The second-order valence-electron chi connectivity index (χ2n) is 5.21. The molecular formula is C15H17N3O3. The van der Waals surface area contributed by atoms with Gasteiger partial charge in [-0.05, 0) is 39.0 Å². The first-order valence-corrected chi connectivity index (χ1v) is 6.76. The fraction of sp³-hybridized carbons (Fsp3) is 0.333. The van der Waals surface area contributed by atoms with Crippen LogP contribution in [0.25, 0.3) is 0 Å². The molecule has 2 heterocycles. The zero-order chi connectivity index (χ0) is 15.1. The number of aryl methyl sites for hydroxylation is 2. The molecule has 21 heavy (non-hydrogen) atoms. The van der Waals surface area contributed by atoms with Crippen LogP contribution in [0.5, 0.6) is 5.75 Å². The molecule has 2 N–H and O–H groups in total. The number of rotatable bonds is 2. The Morgan fingerprint density at radius 1 is 1.38 bits per heavy atom. The van der Waals surface area contributed by atoms with Crippen LogP contribution in [0.4, 0.5) is 11.4 Å². The van der Waals surface area contributed by atoms with E-state index in [1.807, 2.05) is 13.8 Å². The average Bonchev–Trinajstić information content (AvgIpc) is 2.76. The summed E-state index contributed by atoms with van der Waals surface area (Å²) >= 11 is 0. The molecule has 3 rings (SSSR count). The molecule has 1 aliphatic heterocycles. The van der Waals surface area contributed by atoms with Crippen LogP contribution in [0.1, 0.15) is 23.9 Å². The third-order valence-corrected chi connectivity index (χ3v) is 3.69. The Labute approximate surface area is 122 Å². The van der Waals surface area contributed by atoms with Crippen LogP contribution < -0.4 is 15.4 Å². The molecule has 1 aliphatic rings. The average molecular weight is 287 g/mol. The molecule has 0 saturated carbocycles. The van der Waals surface area contributed by atoms with E-state index >= 15 is 0 Å². The Bertz CT molecular complexity index is 689. The number of amides is 1. The smallest absolute Gasteiger partial charge is 0.268 e. The highest BCUT2D eigenvalue weighted by atomic mass is 16.5. The van der Waals surface area contributed by atoms with Gasteiger partial charge in [0.15, 0.2) is 6.10 Å². The minimum atomic E-state index is -0.526. The lowest BCUT2D eigenvalue weighted by molar-refractivity contribution is -0.125. The van der Waals surface area contributed by atoms with E-state index in [4.69, 9.17) is 15.0 Å². The van der Waals surface area contributed by atoms with Gasteiger partial charge in [-0.25, -0.2) is 0 Å². The van der Waals surface area contributed by atoms with E-state index in [9.17, 15) is 4.79 Å². The van der Waals surface area contributed by atoms with Crippen LogP contribution in [0.3, 0.4) is 0 Å². The van der Waals surface area contributed by atoms with Gasteiger partial charge in [0.1, 0.15) is 11.5 Å². The molecule has 0 fully saturated rings. The van der Waals surface area contributed by atoms with Gasteiger partial charge < -0.3 is 19.9 Å². The number of aromatic nitrogens is 1. The monoisotopic (exact) mass is 287 g/mol. The number of benzene rings is 1. The van der Waals surface area contributed by atoms with Crippen molar-refractivity contribution in [3.8, 4) is 5.75 Å². The van der Waals surface area contributed by atoms with E-state index in [0.717, 1.165) is 11.3 Å². The topological polar surface area (TPSA) is 81.6 Å². The molecule has 0 unspecified atom stereocenters. The molecule has 1 amide bonds. The number of hydrogen-bond acceptors (Lipinski definition) is 5. The number of carbonyl (C=O) groups is 1. The molecule has 6 heteroatoms. The molecular weight excluding hydrogens is 270 g/mol. The summed E-state index contributed by atoms with van der Waals surface area (Å²) in [7, 11) is 0. The van der Waals surface area contributed by atoms with Crippen molar-refractivity contribution in [2.75, 3.05) is 10.6 Å². The van der Waals surface area contributed by atoms with Crippen LogP contribution in [-0.2, 0) is 11.3 Å². The third-order valence-electron chi connectivity index (χ3n) is 3.69. The standard InChI is InChI=1S/C15H17N3O3/c1-8-12(9(2)21-17-8)7-18-13-6-11(16)4-5-14(13)20-10(3)15(18)19/h4-6,10H,7,16H2,1-3H3/t10-/m1/s1. The van der Waals surface area contributed by atoms with Crippen molar-refractivity contribution in [1.29, 1.82) is 0 Å². The molecule has 0 spiro atoms. The SMILES string of the molecule is Cc1noc(C)c1CN1C(=O)[C@@H](C)Oc2ccc(N)cc21. The van der Waals surface area contributed by atoms with Crippen molar-refractivity contribution in [2.24, 2.45) is 0 Å². The number of fused-ring (bicyclic) bond motifs is 1. The fourth-order valence-electron chi connectivity index (χ4n) is 2.47. The molecule has 110 valence electrons. The van der Waals surface area contributed by atoms with Gasteiger partial charge in [0, 0.05) is 11.3 Å². The maximum atomic E-state index is 12.5. The van der Waals surface area contributed by atoms with Crippen LogP contribution in [0.2, 0.25) is 0 Å². The lowest BCUT2D eigenvalue weighted by atomic mass is 10.1. The van der Waals surface area contributed by atoms with E-state index in [-0.39, 0.29) is 5.91 Å². The summed E-state index contributed by atoms with van der Waals surface area (Å²) in [5, 5.41) is 3.93. The number of carbonyl (C=O) groups excluding carboxylic acids is 1. The predicted molar refractivity (Wildman–Crippen MR) is 78.1 cm³/mol.